The van der Waals surface area contributed by atoms with Crippen molar-refractivity contribution < 1.29 is 0 Å². The molecule has 0 bridgehead atoms. The first-order chi connectivity index (χ1) is 4.41. The van der Waals surface area contributed by atoms with Crippen molar-refractivity contribution in [3.05, 3.63) is 0 Å². The van der Waals surface area contributed by atoms with Crippen molar-refractivity contribution in [3.8, 4) is 0 Å². The van der Waals surface area contributed by atoms with Gasteiger partial charge in [-0.25, -0.2) is 14.8 Å². The molecule has 1 N–H and O–H groups in total. The Balaban J connectivity index is 3.13. The summed E-state index contributed by atoms with van der Waals surface area (Å²) in [4.78, 5) is 9.98. The number of halogens is 1. The summed E-state index contributed by atoms with van der Waals surface area (Å²) < 4.78 is 0. The second-order valence-electron chi connectivity index (χ2n) is 1.34. The third-order valence-corrected chi connectivity index (χ3v) is 0.807. The van der Waals surface area contributed by atoms with Crippen molar-refractivity contribution >= 4 is 17.8 Å². The first kappa shape index (κ1) is 8.63. The summed E-state index contributed by atoms with van der Waals surface area (Å²) in [5.74, 6) is 0. The molecule has 3 nitrogen and oxygen atoms in total. The van der Waals surface area contributed by atoms with E-state index >= 15 is 0 Å². The van der Waals surface area contributed by atoms with E-state index in [-0.39, 0.29) is 0 Å². The van der Waals surface area contributed by atoms with Crippen LogP contribution in [-0.4, -0.2) is 25.6 Å². The van der Waals surface area contributed by atoms with Gasteiger partial charge < -0.3 is 0 Å². The Labute approximate surface area is 60.0 Å². The Morgan fingerprint density at radius 2 is 2.33 bits per heavy atom. The lowest BCUT2D eigenvalue weighted by Crippen LogP contribution is -2.03. The molecule has 0 saturated carbocycles. The molecule has 0 unspecified atom stereocenters. The fraction of sp³-hybridized carbons (Fsp3) is 0.800. The molecule has 0 saturated heterocycles. The zero-order valence-electron chi connectivity index (χ0n) is 5.39. The van der Waals surface area contributed by atoms with Gasteiger partial charge in [0.15, 0.2) is 0 Å². The van der Waals surface area contributed by atoms with Gasteiger partial charge in [-0.15, -0.1) is 0 Å². The van der Waals surface area contributed by atoms with Crippen LogP contribution in [0.25, 0.3) is 0 Å². The van der Waals surface area contributed by atoms with Crippen LogP contribution in [0, 0.1) is 0 Å². The van der Waals surface area contributed by atoms with Crippen molar-refractivity contribution in [1.29, 1.82) is 0 Å². The number of aliphatic imine (C=N–C) groups is 2. The quantitative estimate of drug-likeness (QED) is 0.359. The fourth-order valence-corrected chi connectivity index (χ4v) is 0.353. The Hall–Kier alpha value is -0.370. The average molecular weight is 148 g/mol. The molecule has 0 heterocycles. The summed E-state index contributed by atoms with van der Waals surface area (Å²) in [5.41, 5.74) is 0. The summed E-state index contributed by atoms with van der Waals surface area (Å²) >= 11 is 5.15. The van der Waals surface area contributed by atoms with Crippen LogP contribution in [0.5, 0.6) is 0 Å². The predicted molar refractivity (Wildman–Crippen MR) is 39.1 cm³/mol. The lowest BCUT2D eigenvalue weighted by Gasteiger charge is -1.83. The topological polar surface area (TPSA) is 36.8 Å². The third kappa shape index (κ3) is 7.63. The van der Waals surface area contributed by atoms with E-state index in [0.29, 0.717) is 13.1 Å². The smallest absolute Gasteiger partial charge is 0.0892 e. The van der Waals surface area contributed by atoms with Crippen molar-refractivity contribution in [1.82, 2.24) is 4.84 Å². The van der Waals surface area contributed by atoms with Gasteiger partial charge in [0.2, 0.25) is 0 Å². The molecule has 4 heteroatoms. The molecule has 0 aliphatic rings. The van der Waals surface area contributed by atoms with E-state index in [9.17, 15) is 0 Å². The van der Waals surface area contributed by atoms with Crippen LogP contribution < -0.4 is 4.84 Å². The predicted octanol–water partition coefficient (Wildman–Crippen LogP) is 0.924. The Kier molecular flexibility index (Phi) is 7.32. The van der Waals surface area contributed by atoms with Crippen molar-refractivity contribution in [2.24, 2.45) is 9.98 Å². The number of nitrogens with one attached hydrogen (secondary N) is 1. The molecule has 0 aromatic rings. The second kappa shape index (κ2) is 7.63. The summed E-state index contributed by atoms with van der Waals surface area (Å²) in [5, 5.41) is 0. The van der Waals surface area contributed by atoms with E-state index < -0.39 is 0 Å². The van der Waals surface area contributed by atoms with Gasteiger partial charge in [0.25, 0.3) is 0 Å². The molecule has 0 radical (unpaired) electrons. The Bertz CT molecular complexity index is 107. The zero-order chi connectivity index (χ0) is 6.95. The van der Waals surface area contributed by atoms with Gasteiger partial charge in [-0.2, -0.15) is 0 Å². The maximum absolute atomic E-state index is 5.15. The van der Waals surface area contributed by atoms with E-state index in [1.54, 1.807) is 0 Å². The monoisotopic (exact) mass is 147 g/mol. The van der Waals surface area contributed by atoms with E-state index in [4.69, 9.17) is 11.8 Å². The molecule has 0 atom stereocenters. The molecule has 9 heavy (non-hydrogen) atoms. The minimum Gasteiger partial charge on any atom is -0.232 e. The van der Waals surface area contributed by atoms with Gasteiger partial charge in [0.05, 0.1) is 12.6 Å². The molecular formula is C5H10ClN3. The molecule has 0 rings (SSSR count). The third-order valence-electron chi connectivity index (χ3n) is 0.618. The van der Waals surface area contributed by atoms with Gasteiger partial charge >= 0.3 is 0 Å². The fourth-order valence-electron chi connectivity index (χ4n) is 0.269. The van der Waals surface area contributed by atoms with Gasteiger partial charge in [-0.3, -0.25) is 0 Å². The highest BCUT2D eigenvalue weighted by Crippen LogP contribution is 1.66. The largest absolute Gasteiger partial charge is 0.232 e. The highest BCUT2D eigenvalue weighted by molar-refractivity contribution is 6.13. The average Bonchev–Trinajstić information content (AvgIpc) is 1.89. The SMILES string of the molecule is CCN=C=NCCNCl. The van der Waals surface area contributed by atoms with E-state index in [0.717, 1.165) is 6.54 Å². The van der Waals surface area contributed by atoms with E-state index in [1.165, 1.54) is 0 Å². The van der Waals surface area contributed by atoms with Crippen LogP contribution in [0.4, 0.5) is 0 Å². The lowest BCUT2D eigenvalue weighted by molar-refractivity contribution is 0.911. The summed E-state index contributed by atoms with van der Waals surface area (Å²) in [6.45, 7) is 3.96. The van der Waals surface area contributed by atoms with Gasteiger partial charge in [-0.1, -0.05) is 0 Å². The van der Waals surface area contributed by atoms with Gasteiger partial charge in [0, 0.05) is 13.1 Å². The molecule has 0 aliphatic heterocycles. The normalized spacial score (nSPS) is 8.22. The molecule has 0 fully saturated rings. The molecule has 0 aromatic heterocycles. The lowest BCUT2D eigenvalue weighted by atomic mass is 10.7. The van der Waals surface area contributed by atoms with E-state index in [2.05, 4.69) is 20.8 Å². The van der Waals surface area contributed by atoms with Gasteiger partial charge in [0.1, 0.15) is 0 Å². The minimum atomic E-state index is 0.632. The summed E-state index contributed by atoms with van der Waals surface area (Å²) in [6.07, 6.45) is 0. The molecular weight excluding hydrogens is 138 g/mol. The zero-order valence-corrected chi connectivity index (χ0v) is 6.15. The number of nitrogens with zero attached hydrogens (tertiary/aromatic N) is 2. The maximum Gasteiger partial charge on any atom is 0.0892 e. The molecule has 0 aliphatic carbocycles. The van der Waals surface area contributed by atoms with Crippen LogP contribution in [0.2, 0.25) is 0 Å². The number of hydrogen-bond acceptors (Lipinski definition) is 3. The Morgan fingerprint density at radius 1 is 1.56 bits per heavy atom. The second-order valence-corrected chi connectivity index (χ2v) is 1.61. The van der Waals surface area contributed by atoms with E-state index in [1.807, 2.05) is 6.92 Å². The van der Waals surface area contributed by atoms with Crippen LogP contribution >= 0.6 is 11.8 Å². The van der Waals surface area contributed by atoms with Crippen LogP contribution in [0.3, 0.4) is 0 Å². The minimum absolute atomic E-state index is 0.632. The molecule has 0 amide bonds. The molecule has 0 spiro atoms. The van der Waals surface area contributed by atoms with Crippen LogP contribution in [0.15, 0.2) is 9.98 Å². The summed E-state index contributed by atoms with van der Waals surface area (Å²) in [6, 6.07) is 2.52. The standard InChI is InChI=1S/C5H10ClN3/c1-2-7-5-8-3-4-9-6/h9H,2-4H2,1H3. The Morgan fingerprint density at radius 3 is 2.89 bits per heavy atom. The first-order valence-corrected chi connectivity index (χ1v) is 3.21. The maximum atomic E-state index is 5.15. The first-order valence-electron chi connectivity index (χ1n) is 2.83. The van der Waals surface area contributed by atoms with Crippen molar-refractivity contribution in [2.45, 2.75) is 6.92 Å². The van der Waals surface area contributed by atoms with Crippen LogP contribution in [0.1, 0.15) is 6.92 Å². The highest BCUT2D eigenvalue weighted by atomic mass is 35.5. The molecule has 0 aromatic carbocycles. The number of rotatable bonds is 4. The van der Waals surface area contributed by atoms with Gasteiger partial charge in [-0.05, 0) is 18.7 Å². The van der Waals surface area contributed by atoms with Crippen LogP contribution in [-0.2, 0) is 0 Å². The highest BCUT2D eigenvalue weighted by Gasteiger charge is 1.74. The summed E-state index contributed by atoms with van der Waals surface area (Å²) in [7, 11) is 0. The van der Waals surface area contributed by atoms with Crippen molar-refractivity contribution in [3.63, 3.8) is 0 Å². The molecule has 52 valence electrons. The van der Waals surface area contributed by atoms with Crippen molar-refractivity contribution in [2.75, 3.05) is 19.6 Å². The number of hydrogen-bond donors (Lipinski definition) is 1.